The first-order valence-electron chi connectivity index (χ1n) is 9.25. The van der Waals surface area contributed by atoms with Crippen LogP contribution in [0.5, 0.6) is 5.75 Å². The molecule has 140 valence electrons. The lowest BCUT2D eigenvalue weighted by Gasteiger charge is -2.15. The highest BCUT2D eigenvalue weighted by atomic mass is 16.5. The molecule has 0 saturated carbocycles. The van der Waals surface area contributed by atoms with E-state index < -0.39 is 0 Å². The normalized spacial score (nSPS) is 11.7. The van der Waals surface area contributed by atoms with Gasteiger partial charge in [-0.2, -0.15) is 4.98 Å². The first-order chi connectivity index (χ1) is 13.2. The highest BCUT2D eigenvalue weighted by molar-refractivity contribution is 5.64. The van der Waals surface area contributed by atoms with E-state index in [1.807, 2.05) is 48.5 Å². The van der Waals surface area contributed by atoms with Gasteiger partial charge in [0.05, 0.1) is 12.8 Å². The molecule has 1 atom stereocenters. The fourth-order valence-corrected chi connectivity index (χ4v) is 2.64. The molecule has 0 bridgehead atoms. The average Bonchev–Trinajstić information content (AvgIpc) is 2.73. The Hall–Kier alpha value is -3.08. The molecular weight excluding hydrogens is 336 g/mol. The summed E-state index contributed by atoms with van der Waals surface area (Å²) in [7, 11) is 1.67. The Balaban J connectivity index is 1.82. The van der Waals surface area contributed by atoms with Gasteiger partial charge in [0.15, 0.2) is 0 Å². The van der Waals surface area contributed by atoms with Gasteiger partial charge in [0, 0.05) is 24.2 Å². The van der Waals surface area contributed by atoms with Crippen molar-refractivity contribution in [2.24, 2.45) is 0 Å². The van der Waals surface area contributed by atoms with E-state index in [2.05, 4.69) is 41.6 Å². The average molecular weight is 362 g/mol. The Kier molecular flexibility index (Phi) is 6.26. The minimum atomic E-state index is 0.345. The molecule has 0 amide bonds. The predicted octanol–water partition coefficient (Wildman–Crippen LogP) is 4.97. The third-order valence-electron chi connectivity index (χ3n) is 4.41. The van der Waals surface area contributed by atoms with E-state index in [4.69, 9.17) is 9.72 Å². The highest BCUT2D eigenvalue weighted by Gasteiger charge is 2.08. The Morgan fingerprint density at radius 1 is 1.00 bits per heavy atom. The fraction of sp³-hybridized carbons (Fsp3) is 0.273. The minimum Gasteiger partial charge on any atom is -0.497 e. The maximum atomic E-state index is 5.21. The molecule has 1 unspecified atom stereocenters. The monoisotopic (exact) mass is 362 g/mol. The molecule has 3 rings (SSSR count). The van der Waals surface area contributed by atoms with E-state index >= 15 is 0 Å². The lowest BCUT2D eigenvalue weighted by Crippen LogP contribution is -2.15. The zero-order valence-corrected chi connectivity index (χ0v) is 16.1. The van der Waals surface area contributed by atoms with Gasteiger partial charge < -0.3 is 15.4 Å². The Labute approximate surface area is 160 Å². The van der Waals surface area contributed by atoms with E-state index in [0.29, 0.717) is 18.5 Å². The number of benzene rings is 2. The second-order valence-corrected chi connectivity index (χ2v) is 6.48. The summed E-state index contributed by atoms with van der Waals surface area (Å²) in [6.45, 7) is 4.94. The number of nitrogens with one attached hydrogen (secondary N) is 2. The van der Waals surface area contributed by atoms with Crippen LogP contribution >= 0.6 is 0 Å². The molecule has 0 aliphatic carbocycles. The molecule has 2 aromatic carbocycles. The van der Waals surface area contributed by atoms with Crippen LogP contribution in [0.1, 0.15) is 25.8 Å². The molecule has 5 heteroatoms. The summed E-state index contributed by atoms with van der Waals surface area (Å²) >= 11 is 0. The summed E-state index contributed by atoms with van der Waals surface area (Å²) in [6.07, 6.45) is 1.03. The van der Waals surface area contributed by atoms with Crippen molar-refractivity contribution in [3.63, 3.8) is 0 Å². The Bertz CT molecular complexity index is 850. The van der Waals surface area contributed by atoms with Crippen LogP contribution in [0.4, 0.5) is 11.8 Å². The largest absolute Gasteiger partial charge is 0.497 e. The molecule has 5 nitrogen and oxygen atoms in total. The zero-order valence-electron chi connectivity index (χ0n) is 16.1. The second-order valence-electron chi connectivity index (χ2n) is 6.48. The quantitative estimate of drug-likeness (QED) is 0.592. The maximum Gasteiger partial charge on any atom is 0.225 e. The number of methoxy groups -OCH3 is 1. The first kappa shape index (κ1) is 18.7. The molecule has 1 aromatic heterocycles. The molecule has 0 aliphatic rings. The second kappa shape index (κ2) is 9.03. The van der Waals surface area contributed by atoms with Crippen molar-refractivity contribution < 1.29 is 4.74 Å². The van der Waals surface area contributed by atoms with Gasteiger partial charge in [-0.05, 0) is 31.0 Å². The first-order valence-corrected chi connectivity index (χ1v) is 9.25. The molecule has 3 aromatic rings. The lowest BCUT2D eigenvalue weighted by atomic mass is 10.1. The van der Waals surface area contributed by atoms with Gasteiger partial charge in [0.25, 0.3) is 0 Å². The van der Waals surface area contributed by atoms with Crippen molar-refractivity contribution in [1.82, 2.24) is 9.97 Å². The third kappa shape index (κ3) is 5.20. The summed E-state index contributed by atoms with van der Waals surface area (Å²) in [6, 6.07) is 20.5. The topological polar surface area (TPSA) is 59.1 Å². The summed E-state index contributed by atoms with van der Waals surface area (Å²) in [5.41, 5.74) is 3.11. The van der Waals surface area contributed by atoms with Crippen molar-refractivity contribution in [2.45, 2.75) is 32.9 Å². The number of nitrogens with zero attached hydrogens (tertiary/aromatic N) is 2. The van der Waals surface area contributed by atoms with Crippen LogP contribution in [0.3, 0.4) is 0 Å². The van der Waals surface area contributed by atoms with Crippen molar-refractivity contribution in [3.8, 4) is 17.0 Å². The molecule has 0 radical (unpaired) electrons. The van der Waals surface area contributed by atoms with Gasteiger partial charge >= 0.3 is 0 Å². The van der Waals surface area contributed by atoms with Crippen molar-refractivity contribution in [1.29, 1.82) is 0 Å². The summed E-state index contributed by atoms with van der Waals surface area (Å²) in [5, 5.41) is 6.78. The summed E-state index contributed by atoms with van der Waals surface area (Å²) < 4.78 is 5.21. The Morgan fingerprint density at radius 3 is 2.41 bits per heavy atom. The van der Waals surface area contributed by atoms with Crippen LogP contribution < -0.4 is 15.4 Å². The van der Waals surface area contributed by atoms with Crippen LogP contribution in [0.2, 0.25) is 0 Å². The van der Waals surface area contributed by atoms with E-state index in [9.17, 15) is 0 Å². The number of anilines is 2. The predicted molar refractivity (Wildman–Crippen MR) is 111 cm³/mol. The molecule has 1 heterocycles. The smallest absolute Gasteiger partial charge is 0.225 e. The van der Waals surface area contributed by atoms with Crippen molar-refractivity contribution in [3.05, 3.63) is 66.2 Å². The van der Waals surface area contributed by atoms with Crippen LogP contribution in [-0.4, -0.2) is 23.1 Å². The fourth-order valence-electron chi connectivity index (χ4n) is 2.64. The highest BCUT2D eigenvalue weighted by Crippen LogP contribution is 2.22. The molecule has 2 N–H and O–H groups in total. The van der Waals surface area contributed by atoms with Gasteiger partial charge in [-0.1, -0.05) is 49.4 Å². The van der Waals surface area contributed by atoms with Crippen LogP contribution in [0, 0.1) is 0 Å². The molecule has 27 heavy (non-hydrogen) atoms. The molecule has 0 saturated heterocycles. The van der Waals surface area contributed by atoms with E-state index in [0.717, 1.165) is 34.8 Å². The van der Waals surface area contributed by atoms with Gasteiger partial charge in [0.1, 0.15) is 11.6 Å². The minimum absolute atomic E-state index is 0.345. The standard InChI is InChI=1S/C22H26N4O/c1-4-16(2)24-21-14-20(18-8-6-5-7-9-18)25-22(26-21)23-15-17-10-12-19(27-3)13-11-17/h5-14,16H,4,15H2,1-3H3,(H2,23,24,25,26). The number of hydrogen-bond donors (Lipinski definition) is 2. The van der Waals surface area contributed by atoms with E-state index in [-0.39, 0.29) is 0 Å². The number of hydrogen-bond acceptors (Lipinski definition) is 5. The molecule has 0 spiro atoms. The molecule has 0 fully saturated rings. The van der Waals surface area contributed by atoms with Crippen LogP contribution in [-0.2, 0) is 6.54 Å². The van der Waals surface area contributed by atoms with Crippen LogP contribution in [0.25, 0.3) is 11.3 Å². The van der Waals surface area contributed by atoms with Gasteiger partial charge in [-0.25, -0.2) is 4.98 Å². The summed E-state index contributed by atoms with van der Waals surface area (Å²) in [5.74, 6) is 2.29. The van der Waals surface area contributed by atoms with Gasteiger partial charge in [0.2, 0.25) is 5.95 Å². The SMILES string of the molecule is CCC(C)Nc1cc(-c2ccccc2)nc(NCc2ccc(OC)cc2)n1. The number of ether oxygens (including phenoxy) is 1. The number of rotatable bonds is 8. The van der Waals surface area contributed by atoms with Gasteiger partial charge in [-0.15, -0.1) is 0 Å². The molecular formula is C22H26N4O. The number of aromatic nitrogens is 2. The van der Waals surface area contributed by atoms with E-state index in [1.165, 1.54) is 0 Å². The molecule has 0 aliphatic heterocycles. The Morgan fingerprint density at radius 2 is 1.74 bits per heavy atom. The van der Waals surface area contributed by atoms with E-state index in [1.54, 1.807) is 7.11 Å². The van der Waals surface area contributed by atoms with Gasteiger partial charge in [-0.3, -0.25) is 0 Å². The third-order valence-corrected chi connectivity index (χ3v) is 4.41. The van der Waals surface area contributed by atoms with Crippen molar-refractivity contribution >= 4 is 11.8 Å². The summed E-state index contributed by atoms with van der Waals surface area (Å²) in [4.78, 5) is 9.34. The lowest BCUT2D eigenvalue weighted by molar-refractivity contribution is 0.414. The zero-order chi connectivity index (χ0) is 19.1. The maximum absolute atomic E-state index is 5.21. The van der Waals surface area contributed by atoms with Crippen molar-refractivity contribution in [2.75, 3.05) is 17.7 Å². The van der Waals surface area contributed by atoms with Crippen LogP contribution in [0.15, 0.2) is 60.7 Å².